The molecule has 1 heterocycles. The molecule has 0 fully saturated rings. The van der Waals surface area contributed by atoms with Gasteiger partial charge in [-0.15, -0.1) is 0 Å². The predicted molar refractivity (Wildman–Crippen MR) is 94.3 cm³/mol. The highest BCUT2D eigenvalue weighted by Crippen LogP contribution is 2.32. The smallest absolute Gasteiger partial charge is 0.305 e. The van der Waals surface area contributed by atoms with Crippen LogP contribution in [-0.2, 0) is 20.9 Å². The summed E-state index contributed by atoms with van der Waals surface area (Å²) in [6.45, 7) is 3.53. The lowest BCUT2D eigenvalue weighted by Crippen LogP contribution is -2.29. The van der Waals surface area contributed by atoms with Gasteiger partial charge in [0.15, 0.2) is 0 Å². The number of benzene rings is 2. The van der Waals surface area contributed by atoms with E-state index >= 15 is 0 Å². The van der Waals surface area contributed by atoms with Crippen LogP contribution < -0.4 is 4.90 Å². The minimum atomic E-state index is -0.158. The number of hydrogen-bond donors (Lipinski definition) is 0. The van der Waals surface area contributed by atoms with Crippen LogP contribution in [0.3, 0.4) is 0 Å². The lowest BCUT2D eigenvalue weighted by atomic mass is 10.1. The number of carbonyl (C=O) groups is 1. The summed E-state index contributed by atoms with van der Waals surface area (Å²) >= 11 is 0. The Kier molecular flexibility index (Phi) is 5.49. The van der Waals surface area contributed by atoms with E-state index in [0.717, 1.165) is 12.2 Å². The lowest BCUT2D eigenvalue weighted by molar-refractivity contribution is -0.143. The average molecular weight is 325 g/mol. The van der Waals surface area contributed by atoms with Crippen molar-refractivity contribution in [3.8, 4) is 0 Å². The van der Waals surface area contributed by atoms with Gasteiger partial charge in [-0.1, -0.05) is 36.4 Å². The van der Waals surface area contributed by atoms with Gasteiger partial charge in [-0.05, 0) is 31.5 Å². The fourth-order valence-corrected chi connectivity index (χ4v) is 3.00. The zero-order chi connectivity index (χ0) is 16.8. The Bertz CT molecular complexity index is 672. The maximum absolute atomic E-state index is 11.7. The molecule has 0 bridgehead atoms. The van der Waals surface area contributed by atoms with Gasteiger partial charge in [0.25, 0.3) is 0 Å². The molecule has 3 rings (SSSR count). The Balaban J connectivity index is 1.79. The third kappa shape index (κ3) is 3.95. The molecule has 1 aliphatic heterocycles. The second-order valence-electron chi connectivity index (χ2n) is 5.85. The van der Waals surface area contributed by atoms with E-state index in [1.54, 1.807) is 0 Å². The minimum Gasteiger partial charge on any atom is -0.466 e. The predicted octanol–water partition coefficient (Wildman–Crippen LogP) is 4.07. The van der Waals surface area contributed by atoms with Crippen LogP contribution in [0.5, 0.6) is 0 Å². The number of nitrogens with zero attached hydrogens (tertiary/aromatic N) is 1. The van der Waals surface area contributed by atoms with Crippen molar-refractivity contribution in [3.05, 3.63) is 60.2 Å². The zero-order valence-electron chi connectivity index (χ0n) is 14.0. The van der Waals surface area contributed by atoms with Crippen molar-refractivity contribution in [2.75, 3.05) is 18.1 Å². The van der Waals surface area contributed by atoms with E-state index in [2.05, 4.69) is 29.2 Å². The lowest BCUT2D eigenvalue weighted by Gasteiger charge is -2.27. The summed E-state index contributed by atoms with van der Waals surface area (Å²) in [6, 6.07) is 18.6. The average Bonchev–Trinajstić information content (AvgIpc) is 2.81. The van der Waals surface area contributed by atoms with Crippen LogP contribution in [0.25, 0.3) is 0 Å². The third-order valence-corrected chi connectivity index (χ3v) is 4.19. The number of hydrogen-bond acceptors (Lipinski definition) is 4. The molecular formula is C20H23NO3. The van der Waals surface area contributed by atoms with Crippen LogP contribution in [0, 0.1) is 0 Å². The van der Waals surface area contributed by atoms with Gasteiger partial charge in [-0.25, -0.2) is 0 Å². The number of ether oxygens (including phenoxy) is 2. The highest BCUT2D eigenvalue weighted by atomic mass is 16.5. The standard InChI is InChI=1S/C20H23NO3/c1-2-23-20(22)13-12-18-14-21(17-9-4-3-5-10-17)19-11-7-6-8-16(19)15-24-18/h3-11,18H,2,12-15H2,1H3. The second kappa shape index (κ2) is 7.97. The molecule has 2 aromatic carbocycles. The Morgan fingerprint density at radius 1 is 1.17 bits per heavy atom. The summed E-state index contributed by atoms with van der Waals surface area (Å²) in [5, 5.41) is 0. The fourth-order valence-electron chi connectivity index (χ4n) is 3.00. The largest absolute Gasteiger partial charge is 0.466 e. The van der Waals surface area contributed by atoms with E-state index in [4.69, 9.17) is 9.47 Å². The molecule has 4 heteroatoms. The molecule has 0 radical (unpaired) electrons. The number of para-hydroxylation sites is 2. The van der Waals surface area contributed by atoms with Crippen molar-refractivity contribution in [1.82, 2.24) is 0 Å². The first-order valence-corrected chi connectivity index (χ1v) is 8.45. The maximum Gasteiger partial charge on any atom is 0.305 e. The van der Waals surface area contributed by atoms with Crippen molar-refractivity contribution < 1.29 is 14.3 Å². The molecule has 1 aliphatic rings. The molecule has 0 spiro atoms. The summed E-state index contributed by atoms with van der Waals surface area (Å²) in [6.07, 6.45) is 1.04. The molecule has 0 saturated heterocycles. The van der Waals surface area contributed by atoms with Gasteiger partial charge < -0.3 is 14.4 Å². The Labute approximate surface area is 143 Å². The summed E-state index contributed by atoms with van der Waals surface area (Å²) in [5.41, 5.74) is 3.47. The first-order valence-electron chi connectivity index (χ1n) is 8.45. The van der Waals surface area contributed by atoms with Crippen LogP contribution in [-0.4, -0.2) is 25.2 Å². The molecule has 4 nitrogen and oxygen atoms in total. The summed E-state index contributed by atoms with van der Waals surface area (Å²) in [7, 11) is 0. The molecule has 0 saturated carbocycles. The highest BCUT2D eigenvalue weighted by Gasteiger charge is 2.24. The van der Waals surface area contributed by atoms with E-state index in [1.165, 1.54) is 11.3 Å². The fraction of sp³-hybridized carbons (Fsp3) is 0.350. The summed E-state index contributed by atoms with van der Waals surface area (Å²) < 4.78 is 11.1. The summed E-state index contributed by atoms with van der Waals surface area (Å²) in [5.74, 6) is -0.158. The normalized spacial score (nSPS) is 17.0. The third-order valence-electron chi connectivity index (χ3n) is 4.19. The van der Waals surface area contributed by atoms with Crippen molar-refractivity contribution in [2.45, 2.75) is 32.5 Å². The van der Waals surface area contributed by atoms with Crippen molar-refractivity contribution >= 4 is 17.3 Å². The van der Waals surface area contributed by atoms with E-state index < -0.39 is 0 Å². The van der Waals surface area contributed by atoms with E-state index in [-0.39, 0.29) is 12.1 Å². The number of anilines is 2. The SMILES string of the molecule is CCOC(=O)CCC1CN(c2ccccc2)c2ccccc2CO1. The Hall–Kier alpha value is -2.33. The van der Waals surface area contributed by atoms with Crippen molar-refractivity contribution in [3.63, 3.8) is 0 Å². The minimum absolute atomic E-state index is 0.0120. The Morgan fingerprint density at radius 2 is 1.92 bits per heavy atom. The molecule has 126 valence electrons. The van der Waals surface area contributed by atoms with Crippen molar-refractivity contribution in [2.24, 2.45) is 0 Å². The first-order chi connectivity index (χ1) is 11.8. The zero-order valence-corrected chi connectivity index (χ0v) is 14.0. The van der Waals surface area contributed by atoms with Crippen LogP contribution >= 0.6 is 0 Å². The van der Waals surface area contributed by atoms with E-state index in [9.17, 15) is 4.79 Å². The van der Waals surface area contributed by atoms with E-state index in [0.29, 0.717) is 26.1 Å². The van der Waals surface area contributed by atoms with Crippen LogP contribution in [0.2, 0.25) is 0 Å². The first kappa shape index (κ1) is 16.5. The molecular weight excluding hydrogens is 302 g/mol. The van der Waals surface area contributed by atoms with E-state index in [1.807, 2.05) is 37.3 Å². The van der Waals surface area contributed by atoms with Gasteiger partial charge in [0.1, 0.15) is 0 Å². The van der Waals surface area contributed by atoms with Crippen LogP contribution in [0.1, 0.15) is 25.3 Å². The molecule has 0 aromatic heterocycles. The van der Waals surface area contributed by atoms with Gasteiger partial charge in [0.05, 0.1) is 19.3 Å². The summed E-state index contributed by atoms with van der Waals surface area (Å²) in [4.78, 5) is 13.9. The number of esters is 1. The van der Waals surface area contributed by atoms with Crippen LogP contribution in [0.4, 0.5) is 11.4 Å². The number of carbonyl (C=O) groups excluding carboxylic acids is 1. The number of fused-ring (bicyclic) bond motifs is 1. The van der Waals surface area contributed by atoms with Crippen LogP contribution in [0.15, 0.2) is 54.6 Å². The molecule has 0 N–H and O–H groups in total. The highest BCUT2D eigenvalue weighted by molar-refractivity contribution is 5.69. The second-order valence-corrected chi connectivity index (χ2v) is 5.85. The molecule has 0 amide bonds. The quantitative estimate of drug-likeness (QED) is 0.777. The van der Waals surface area contributed by atoms with Gasteiger partial charge in [0, 0.05) is 29.9 Å². The van der Waals surface area contributed by atoms with Gasteiger partial charge in [-0.2, -0.15) is 0 Å². The van der Waals surface area contributed by atoms with Crippen molar-refractivity contribution in [1.29, 1.82) is 0 Å². The molecule has 0 aliphatic carbocycles. The number of rotatable bonds is 5. The van der Waals surface area contributed by atoms with Gasteiger partial charge in [-0.3, -0.25) is 4.79 Å². The molecule has 1 unspecified atom stereocenters. The van der Waals surface area contributed by atoms with Gasteiger partial charge in [0.2, 0.25) is 0 Å². The van der Waals surface area contributed by atoms with Gasteiger partial charge >= 0.3 is 5.97 Å². The maximum atomic E-state index is 11.7. The monoisotopic (exact) mass is 325 g/mol. The topological polar surface area (TPSA) is 38.8 Å². The molecule has 2 aromatic rings. The Morgan fingerprint density at radius 3 is 2.71 bits per heavy atom. The molecule has 24 heavy (non-hydrogen) atoms. The molecule has 1 atom stereocenters.